The number of carbonyl (C=O) groups is 1. The van der Waals surface area contributed by atoms with Crippen molar-refractivity contribution in [3.8, 4) is 11.1 Å². The molecule has 4 rings (SSSR count). The standard InChI is InChI=1S/C19H21NO2S/c21-18-20(14-19(22-18)8-2-1-3-9-19)12-15-5-4-6-16(11-15)17-7-10-23-13-17/h4-7,10-11,13H,1-3,8-9,12,14H2. The van der Waals surface area contributed by atoms with Gasteiger partial charge >= 0.3 is 6.09 Å². The highest BCUT2D eigenvalue weighted by Gasteiger charge is 2.45. The number of hydrogen-bond donors (Lipinski definition) is 0. The van der Waals surface area contributed by atoms with E-state index in [1.54, 1.807) is 11.3 Å². The van der Waals surface area contributed by atoms with E-state index in [-0.39, 0.29) is 11.7 Å². The van der Waals surface area contributed by atoms with Crippen molar-refractivity contribution in [2.75, 3.05) is 6.54 Å². The molecule has 1 aliphatic heterocycles. The summed E-state index contributed by atoms with van der Waals surface area (Å²) in [5.41, 5.74) is 3.41. The fourth-order valence-corrected chi connectivity index (χ4v) is 4.43. The van der Waals surface area contributed by atoms with Gasteiger partial charge in [-0.1, -0.05) is 24.6 Å². The lowest BCUT2D eigenvalue weighted by atomic mass is 9.85. The second-order valence-electron chi connectivity index (χ2n) is 6.68. The second kappa shape index (κ2) is 6.00. The molecule has 2 fully saturated rings. The van der Waals surface area contributed by atoms with Crippen LogP contribution in [0.4, 0.5) is 4.79 Å². The van der Waals surface area contributed by atoms with E-state index in [9.17, 15) is 4.79 Å². The molecule has 0 atom stereocenters. The molecule has 1 saturated heterocycles. The molecule has 0 unspecified atom stereocenters. The average molecular weight is 327 g/mol. The Hall–Kier alpha value is -1.81. The molecular weight excluding hydrogens is 306 g/mol. The third-order valence-electron chi connectivity index (χ3n) is 4.96. The SMILES string of the molecule is O=C1OC2(CCCCC2)CN1Cc1cccc(-c2ccsc2)c1. The number of benzene rings is 1. The van der Waals surface area contributed by atoms with Gasteiger partial charge in [-0.15, -0.1) is 0 Å². The summed E-state index contributed by atoms with van der Waals surface area (Å²) in [5.74, 6) is 0. The molecule has 0 bridgehead atoms. The van der Waals surface area contributed by atoms with E-state index in [0.29, 0.717) is 6.54 Å². The molecule has 4 heteroatoms. The van der Waals surface area contributed by atoms with E-state index in [1.807, 2.05) is 4.90 Å². The topological polar surface area (TPSA) is 29.5 Å². The molecule has 0 radical (unpaired) electrons. The highest BCUT2D eigenvalue weighted by Crippen LogP contribution is 2.37. The van der Waals surface area contributed by atoms with Gasteiger partial charge in [-0.2, -0.15) is 11.3 Å². The van der Waals surface area contributed by atoms with E-state index in [4.69, 9.17) is 4.74 Å². The van der Waals surface area contributed by atoms with Crippen molar-refractivity contribution in [3.63, 3.8) is 0 Å². The lowest BCUT2D eigenvalue weighted by Crippen LogP contribution is -2.36. The van der Waals surface area contributed by atoms with Gasteiger partial charge in [-0.25, -0.2) is 4.79 Å². The van der Waals surface area contributed by atoms with Crippen LogP contribution in [0.2, 0.25) is 0 Å². The maximum Gasteiger partial charge on any atom is 0.410 e. The van der Waals surface area contributed by atoms with Crippen LogP contribution in [0.25, 0.3) is 11.1 Å². The van der Waals surface area contributed by atoms with Gasteiger partial charge in [0.15, 0.2) is 0 Å². The summed E-state index contributed by atoms with van der Waals surface area (Å²) in [6.45, 7) is 1.38. The van der Waals surface area contributed by atoms with Gasteiger partial charge in [-0.3, -0.25) is 4.90 Å². The van der Waals surface area contributed by atoms with Gasteiger partial charge in [0.05, 0.1) is 6.54 Å². The fraction of sp³-hybridized carbons (Fsp3) is 0.421. The zero-order valence-electron chi connectivity index (χ0n) is 13.2. The molecule has 23 heavy (non-hydrogen) atoms. The van der Waals surface area contributed by atoms with Gasteiger partial charge in [-0.05, 0) is 65.3 Å². The van der Waals surface area contributed by atoms with Crippen LogP contribution in [0.5, 0.6) is 0 Å². The predicted octanol–water partition coefficient (Wildman–Crippen LogP) is 5.07. The molecule has 1 aromatic heterocycles. The van der Waals surface area contributed by atoms with Crippen molar-refractivity contribution in [1.29, 1.82) is 0 Å². The minimum Gasteiger partial charge on any atom is -0.441 e. The first-order chi connectivity index (χ1) is 11.2. The summed E-state index contributed by atoms with van der Waals surface area (Å²) in [7, 11) is 0. The number of ether oxygens (including phenoxy) is 1. The second-order valence-corrected chi connectivity index (χ2v) is 7.46. The van der Waals surface area contributed by atoms with Crippen molar-refractivity contribution in [3.05, 3.63) is 46.7 Å². The molecule has 1 aromatic carbocycles. The predicted molar refractivity (Wildman–Crippen MR) is 92.5 cm³/mol. The van der Waals surface area contributed by atoms with Gasteiger partial charge in [0, 0.05) is 6.54 Å². The molecule has 2 aliphatic rings. The van der Waals surface area contributed by atoms with Crippen molar-refractivity contribution in [2.45, 2.75) is 44.2 Å². The highest BCUT2D eigenvalue weighted by molar-refractivity contribution is 7.08. The summed E-state index contributed by atoms with van der Waals surface area (Å²) in [4.78, 5) is 14.1. The van der Waals surface area contributed by atoms with Gasteiger partial charge < -0.3 is 4.74 Å². The van der Waals surface area contributed by atoms with Crippen LogP contribution in [-0.2, 0) is 11.3 Å². The Morgan fingerprint density at radius 2 is 2.00 bits per heavy atom. The molecule has 1 saturated carbocycles. The molecule has 3 nitrogen and oxygen atoms in total. The largest absolute Gasteiger partial charge is 0.441 e. The zero-order chi connectivity index (χ0) is 15.7. The summed E-state index contributed by atoms with van der Waals surface area (Å²) in [6, 6.07) is 10.6. The zero-order valence-corrected chi connectivity index (χ0v) is 14.0. The van der Waals surface area contributed by atoms with Crippen LogP contribution in [-0.4, -0.2) is 23.1 Å². The lowest BCUT2D eigenvalue weighted by Gasteiger charge is -2.30. The van der Waals surface area contributed by atoms with Crippen molar-refractivity contribution < 1.29 is 9.53 Å². The van der Waals surface area contributed by atoms with Crippen molar-refractivity contribution >= 4 is 17.4 Å². The Kier molecular flexibility index (Phi) is 3.85. The van der Waals surface area contributed by atoms with E-state index >= 15 is 0 Å². The first-order valence-electron chi connectivity index (χ1n) is 8.34. The normalized spacial score (nSPS) is 20.0. The molecule has 2 aromatic rings. The molecule has 1 amide bonds. The maximum absolute atomic E-state index is 12.3. The van der Waals surface area contributed by atoms with E-state index in [1.165, 1.54) is 36.0 Å². The van der Waals surface area contributed by atoms with Crippen LogP contribution >= 0.6 is 11.3 Å². The third-order valence-corrected chi connectivity index (χ3v) is 5.64. The fourth-order valence-electron chi connectivity index (χ4n) is 3.77. The molecule has 2 heterocycles. The van der Waals surface area contributed by atoms with Crippen LogP contribution in [0.1, 0.15) is 37.7 Å². The van der Waals surface area contributed by atoms with E-state index in [0.717, 1.165) is 19.4 Å². The summed E-state index contributed by atoms with van der Waals surface area (Å²) in [6.07, 6.45) is 5.51. The Balaban J connectivity index is 1.50. The Morgan fingerprint density at radius 1 is 1.13 bits per heavy atom. The quantitative estimate of drug-likeness (QED) is 0.787. The Bertz CT molecular complexity index is 689. The van der Waals surface area contributed by atoms with Crippen LogP contribution in [0, 0.1) is 0 Å². The van der Waals surface area contributed by atoms with Gasteiger partial charge in [0.2, 0.25) is 0 Å². The number of hydrogen-bond acceptors (Lipinski definition) is 3. The van der Waals surface area contributed by atoms with Crippen molar-refractivity contribution in [2.24, 2.45) is 0 Å². The first-order valence-corrected chi connectivity index (χ1v) is 9.28. The summed E-state index contributed by atoms with van der Waals surface area (Å²) in [5, 5.41) is 4.24. The smallest absolute Gasteiger partial charge is 0.410 e. The van der Waals surface area contributed by atoms with Crippen LogP contribution < -0.4 is 0 Å². The minimum absolute atomic E-state index is 0.146. The van der Waals surface area contributed by atoms with Crippen LogP contribution in [0.3, 0.4) is 0 Å². The van der Waals surface area contributed by atoms with Crippen LogP contribution in [0.15, 0.2) is 41.1 Å². The maximum atomic E-state index is 12.3. The number of amides is 1. The molecular formula is C19H21NO2S. The number of rotatable bonds is 3. The highest BCUT2D eigenvalue weighted by atomic mass is 32.1. The van der Waals surface area contributed by atoms with Gasteiger partial charge in [0.1, 0.15) is 5.60 Å². The average Bonchev–Trinajstić information content (AvgIpc) is 3.18. The number of carbonyl (C=O) groups excluding carboxylic acids is 1. The number of nitrogens with zero attached hydrogens (tertiary/aromatic N) is 1. The minimum atomic E-state index is -0.208. The molecule has 0 N–H and O–H groups in total. The van der Waals surface area contributed by atoms with Gasteiger partial charge in [0.25, 0.3) is 0 Å². The first kappa shape index (κ1) is 14.8. The number of thiophene rings is 1. The Morgan fingerprint density at radius 3 is 2.78 bits per heavy atom. The Labute approximate surface area is 140 Å². The monoisotopic (exact) mass is 327 g/mol. The molecule has 1 spiro atoms. The lowest BCUT2D eigenvalue weighted by molar-refractivity contribution is 0.0260. The van der Waals surface area contributed by atoms with E-state index < -0.39 is 0 Å². The molecule has 120 valence electrons. The summed E-state index contributed by atoms with van der Waals surface area (Å²) >= 11 is 1.70. The summed E-state index contributed by atoms with van der Waals surface area (Å²) < 4.78 is 5.77. The third kappa shape index (κ3) is 3.00. The molecule has 1 aliphatic carbocycles. The van der Waals surface area contributed by atoms with E-state index in [2.05, 4.69) is 41.1 Å². The van der Waals surface area contributed by atoms with Crippen molar-refractivity contribution in [1.82, 2.24) is 4.90 Å².